The van der Waals surface area contributed by atoms with Gasteiger partial charge < -0.3 is 4.74 Å². The predicted molar refractivity (Wildman–Crippen MR) is 90.4 cm³/mol. The smallest absolute Gasteiger partial charge is 0.270 e. The van der Waals surface area contributed by atoms with Gasteiger partial charge in [-0.15, -0.1) is 0 Å². The van der Waals surface area contributed by atoms with Gasteiger partial charge in [0.25, 0.3) is 5.69 Å². The molecule has 4 nitrogen and oxygen atoms in total. The van der Waals surface area contributed by atoms with Crippen LogP contribution in [-0.4, -0.2) is 4.92 Å². The van der Waals surface area contributed by atoms with Gasteiger partial charge in [0.2, 0.25) is 0 Å². The van der Waals surface area contributed by atoms with Crippen LogP contribution in [0.15, 0.2) is 36.4 Å². The number of non-ortho nitro benzene ring substituents is 1. The summed E-state index contributed by atoms with van der Waals surface area (Å²) in [6.07, 6.45) is 0. The first-order chi connectivity index (χ1) is 10.6. The number of nitrogens with zero attached hydrogens (tertiary/aromatic N) is 1. The maximum absolute atomic E-state index is 11.1. The van der Waals surface area contributed by atoms with E-state index in [0.717, 1.165) is 16.9 Å². The summed E-state index contributed by atoms with van der Waals surface area (Å²) in [5, 5.41) is 11.1. The second kappa shape index (κ2) is 4.82. The van der Waals surface area contributed by atoms with Crippen LogP contribution >= 0.6 is 0 Å². The maximum atomic E-state index is 11.1. The minimum absolute atomic E-state index is 0.0358. The lowest BCUT2D eigenvalue weighted by atomic mass is 9.73. The molecule has 120 valence electrons. The monoisotopic (exact) mass is 311 g/mol. The van der Waals surface area contributed by atoms with Gasteiger partial charge in [-0.3, -0.25) is 10.1 Å². The highest BCUT2D eigenvalue weighted by Crippen LogP contribution is 2.49. The van der Waals surface area contributed by atoms with Crippen molar-refractivity contribution in [2.24, 2.45) is 0 Å². The Morgan fingerprint density at radius 1 is 1.00 bits per heavy atom. The van der Waals surface area contributed by atoms with Gasteiger partial charge in [0.1, 0.15) is 11.5 Å². The first kappa shape index (κ1) is 15.5. The number of nitro benzene ring substituents is 1. The van der Waals surface area contributed by atoms with Crippen molar-refractivity contribution in [3.05, 3.63) is 63.2 Å². The van der Waals surface area contributed by atoms with Gasteiger partial charge in [0.15, 0.2) is 0 Å². The quantitative estimate of drug-likeness (QED) is 0.528. The lowest BCUT2D eigenvalue weighted by molar-refractivity contribution is -0.385. The second-order valence-corrected chi connectivity index (χ2v) is 7.63. The third-order valence-electron chi connectivity index (χ3n) is 4.59. The Morgan fingerprint density at radius 3 is 2.13 bits per heavy atom. The molecule has 0 N–H and O–H groups in total. The first-order valence-electron chi connectivity index (χ1n) is 7.72. The summed E-state index contributed by atoms with van der Waals surface area (Å²) < 4.78 is 5.99. The molecular weight excluding hydrogens is 290 g/mol. The van der Waals surface area contributed by atoms with Crippen molar-refractivity contribution in [3.8, 4) is 11.5 Å². The summed E-state index contributed by atoms with van der Waals surface area (Å²) in [6, 6.07) is 11.1. The molecule has 0 amide bonds. The fraction of sp³-hybridized carbons (Fsp3) is 0.368. The van der Waals surface area contributed by atoms with Crippen molar-refractivity contribution in [1.29, 1.82) is 0 Å². The molecule has 0 aromatic heterocycles. The minimum Gasteiger partial charge on any atom is -0.457 e. The van der Waals surface area contributed by atoms with Crippen LogP contribution in [0.4, 0.5) is 5.69 Å². The predicted octanol–water partition coefficient (Wildman–Crippen LogP) is 5.32. The molecule has 0 saturated carbocycles. The Balaban J connectivity index is 2.19. The topological polar surface area (TPSA) is 52.4 Å². The molecule has 4 heteroatoms. The van der Waals surface area contributed by atoms with E-state index in [-0.39, 0.29) is 21.4 Å². The third-order valence-corrected chi connectivity index (χ3v) is 4.59. The van der Waals surface area contributed by atoms with Gasteiger partial charge in [-0.25, -0.2) is 0 Å². The molecule has 0 unspecified atom stereocenters. The standard InChI is InChI=1S/C19H21NO3/c1-18(2,3)12-6-8-16-14(10-12)19(4,5)15-11-13(20(21)22)7-9-17(15)23-16/h6-11H,1-5H3. The van der Waals surface area contributed by atoms with Crippen molar-refractivity contribution in [2.75, 3.05) is 0 Å². The van der Waals surface area contributed by atoms with E-state index in [1.54, 1.807) is 12.1 Å². The number of rotatable bonds is 1. The summed E-state index contributed by atoms with van der Waals surface area (Å²) in [5.74, 6) is 1.51. The lowest BCUT2D eigenvalue weighted by Gasteiger charge is -2.35. The molecule has 0 fully saturated rings. The van der Waals surface area contributed by atoms with E-state index in [2.05, 4.69) is 46.8 Å². The summed E-state index contributed by atoms with van der Waals surface area (Å²) in [4.78, 5) is 10.7. The number of hydrogen-bond acceptors (Lipinski definition) is 3. The van der Waals surface area contributed by atoms with Crippen molar-refractivity contribution in [3.63, 3.8) is 0 Å². The van der Waals surface area contributed by atoms with Crippen LogP contribution in [-0.2, 0) is 10.8 Å². The summed E-state index contributed by atoms with van der Waals surface area (Å²) in [6.45, 7) is 10.7. The largest absolute Gasteiger partial charge is 0.457 e. The summed E-state index contributed by atoms with van der Waals surface area (Å²) >= 11 is 0. The van der Waals surface area contributed by atoms with Gasteiger partial charge in [0.05, 0.1) is 4.92 Å². The second-order valence-electron chi connectivity index (χ2n) is 7.63. The van der Waals surface area contributed by atoms with Crippen LogP contribution in [0.5, 0.6) is 11.5 Å². The van der Waals surface area contributed by atoms with Gasteiger partial charge in [-0.1, -0.05) is 46.8 Å². The molecule has 1 aliphatic heterocycles. The zero-order valence-electron chi connectivity index (χ0n) is 14.1. The van der Waals surface area contributed by atoms with E-state index >= 15 is 0 Å². The van der Waals surface area contributed by atoms with Crippen molar-refractivity contribution >= 4 is 5.69 Å². The van der Waals surface area contributed by atoms with Crippen LogP contribution in [0.3, 0.4) is 0 Å². The van der Waals surface area contributed by atoms with Crippen LogP contribution < -0.4 is 4.74 Å². The molecule has 0 saturated heterocycles. The SMILES string of the molecule is CC(C)(C)c1ccc2c(c1)C(C)(C)c1cc([N+](=O)[O-])ccc1O2. The van der Waals surface area contributed by atoms with Crippen LogP contribution in [0.25, 0.3) is 0 Å². The van der Waals surface area contributed by atoms with E-state index in [1.165, 1.54) is 11.6 Å². The molecule has 3 rings (SSSR count). The molecule has 0 radical (unpaired) electrons. The average Bonchev–Trinajstić information content (AvgIpc) is 2.45. The first-order valence-corrected chi connectivity index (χ1v) is 7.72. The highest BCUT2D eigenvalue weighted by Gasteiger charge is 2.36. The third kappa shape index (κ3) is 2.48. The van der Waals surface area contributed by atoms with Gasteiger partial charge in [-0.2, -0.15) is 0 Å². The van der Waals surface area contributed by atoms with Crippen LogP contribution in [0, 0.1) is 10.1 Å². The number of fused-ring (bicyclic) bond motifs is 2. The Kier molecular flexibility index (Phi) is 3.25. The molecule has 1 aliphatic rings. The number of nitro groups is 1. The molecule has 23 heavy (non-hydrogen) atoms. The normalized spacial score (nSPS) is 15.3. The minimum atomic E-state index is -0.364. The highest BCUT2D eigenvalue weighted by molar-refractivity contribution is 5.60. The van der Waals surface area contributed by atoms with E-state index in [1.807, 2.05) is 6.07 Å². The Labute approximate surface area is 136 Å². The molecule has 1 heterocycles. The average molecular weight is 311 g/mol. The fourth-order valence-electron chi connectivity index (χ4n) is 3.05. The molecule has 0 aliphatic carbocycles. The van der Waals surface area contributed by atoms with E-state index in [4.69, 9.17) is 4.74 Å². The Morgan fingerprint density at radius 2 is 1.57 bits per heavy atom. The molecule has 0 spiro atoms. The molecular formula is C19H21NO3. The molecule has 2 aromatic rings. The summed E-state index contributed by atoms with van der Waals surface area (Å²) in [5.41, 5.74) is 2.92. The van der Waals surface area contributed by atoms with Crippen molar-refractivity contribution in [2.45, 2.75) is 45.4 Å². The van der Waals surface area contributed by atoms with Gasteiger partial charge in [0, 0.05) is 28.7 Å². The fourth-order valence-corrected chi connectivity index (χ4v) is 3.05. The number of benzene rings is 2. The van der Waals surface area contributed by atoms with Gasteiger partial charge in [-0.05, 0) is 23.1 Å². The lowest BCUT2D eigenvalue weighted by Crippen LogP contribution is -2.25. The van der Waals surface area contributed by atoms with Gasteiger partial charge >= 0.3 is 0 Å². The Hall–Kier alpha value is -2.36. The zero-order valence-corrected chi connectivity index (χ0v) is 14.1. The van der Waals surface area contributed by atoms with E-state index in [9.17, 15) is 10.1 Å². The summed E-state index contributed by atoms with van der Waals surface area (Å²) in [7, 11) is 0. The van der Waals surface area contributed by atoms with Crippen molar-refractivity contribution in [1.82, 2.24) is 0 Å². The van der Waals surface area contributed by atoms with E-state index < -0.39 is 0 Å². The highest BCUT2D eigenvalue weighted by atomic mass is 16.6. The van der Waals surface area contributed by atoms with Crippen LogP contribution in [0.2, 0.25) is 0 Å². The van der Waals surface area contributed by atoms with Crippen LogP contribution in [0.1, 0.15) is 51.3 Å². The van der Waals surface area contributed by atoms with E-state index in [0.29, 0.717) is 5.75 Å². The zero-order chi connectivity index (χ0) is 17.0. The molecule has 0 bridgehead atoms. The molecule has 2 aromatic carbocycles. The number of ether oxygens (including phenoxy) is 1. The van der Waals surface area contributed by atoms with Crippen molar-refractivity contribution < 1.29 is 9.66 Å². The molecule has 0 atom stereocenters. The number of hydrogen-bond donors (Lipinski definition) is 0. The Bertz CT molecular complexity index is 801. The maximum Gasteiger partial charge on any atom is 0.270 e.